The molecule has 1 aliphatic heterocycles. The van der Waals surface area contributed by atoms with Crippen molar-refractivity contribution >= 4 is 5.91 Å². The summed E-state index contributed by atoms with van der Waals surface area (Å²) in [4.78, 5) is 14.8. The van der Waals surface area contributed by atoms with Crippen LogP contribution in [0.4, 0.5) is 0 Å². The zero-order chi connectivity index (χ0) is 13.8. The van der Waals surface area contributed by atoms with Gasteiger partial charge in [0, 0.05) is 25.8 Å². The number of nitrogens with one attached hydrogen (secondary N) is 1. The van der Waals surface area contributed by atoms with Gasteiger partial charge in [0.25, 0.3) is 5.91 Å². The van der Waals surface area contributed by atoms with Gasteiger partial charge in [-0.2, -0.15) is 5.10 Å². The predicted molar refractivity (Wildman–Crippen MR) is 75.2 cm³/mol. The Bertz CT molecular complexity index is 435. The standard InChI is InChI=1S/C14H24N4O/c1-4-9-18(12-5-7-15-8-6-12)14(19)13-10-17(3)16-11(13)2/h10,12,15H,4-9H2,1-3H3. The number of nitrogens with zero attached hydrogens (tertiary/aromatic N) is 3. The number of carbonyl (C=O) groups excluding carboxylic acids is 1. The summed E-state index contributed by atoms with van der Waals surface area (Å²) in [6, 6.07) is 0.369. The lowest BCUT2D eigenvalue weighted by atomic mass is 10.0. The van der Waals surface area contributed by atoms with Gasteiger partial charge in [-0.25, -0.2) is 0 Å². The highest BCUT2D eigenvalue weighted by atomic mass is 16.2. The van der Waals surface area contributed by atoms with Crippen molar-refractivity contribution < 1.29 is 4.79 Å². The molecule has 1 saturated heterocycles. The van der Waals surface area contributed by atoms with Crippen LogP contribution in [-0.2, 0) is 7.05 Å². The molecule has 1 aromatic rings. The van der Waals surface area contributed by atoms with Crippen molar-refractivity contribution in [3.63, 3.8) is 0 Å². The maximum absolute atomic E-state index is 12.7. The third kappa shape index (κ3) is 3.15. The Morgan fingerprint density at radius 3 is 2.74 bits per heavy atom. The zero-order valence-corrected chi connectivity index (χ0v) is 12.1. The molecule has 5 heteroatoms. The molecule has 0 radical (unpaired) electrons. The Balaban J connectivity index is 2.17. The number of aromatic nitrogens is 2. The Morgan fingerprint density at radius 2 is 2.21 bits per heavy atom. The van der Waals surface area contributed by atoms with Crippen LogP contribution in [0.1, 0.15) is 42.2 Å². The number of aryl methyl sites for hydroxylation is 2. The topological polar surface area (TPSA) is 50.2 Å². The average Bonchev–Trinajstić information content (AvgIpc) is 2.75. The second-order valence-corrected chi connectivity index (χ2v) is 5.28. The smallest absolute Gasteiger partial charge is 0.257 e. The van der Waals surface area contributed by atoms with Gasteiger partial charge in [-0.15, -0.1) is 0 Å². The fourth-order valence-corrected chi connectivity index (χ4v) is 2.77. The minimum atomic E-state index is 0.138. The SMILES string of the molecule is CCCN(C(=O)c1cn(C)nc1C)C1CCNCC1. The summed E-state index contributed by atoms with van der Waals surface area (Å²) in [5, 5.41) is 7.63. The van der Waals surface area contributed by atoms with E-state index in [0.717, 1.165) is 50.2 Å². The Hall–Kier alpha value is -1.36. The Labute approximate surface area is 115 Å². The molecule has 0 aliphatic carbocycles. The van der Waals surface area contributed by atoms with Crippen LogP contribution in [-0.4, -0.2) is 46.3 Å². The lowest BCUT2D eigenvalue weighted by Crippen LogP contribution is -2.46. The molecule has 0 unspecified atom stereocenters. The van der Waals surface area contributed by atoms with E-state index in [1.165, 1.54) is 0 Å². The second-order valence-electron chi connectivity index (χ2n) is 5.28. The minimum absolute atomic E-state index is 0.138. The first kappa shape index (κ1) is 14.1. The summed E-state index contributed by atoms with van der Waals surface area (Å²) in [5.74, 6) is 0.138. The van der Waals surface area contributed by atoms with Gasteiger partial charge in [0.05, 0.1) is 11.3 Å². The third-order valence-corrected chi connectivity index (χ3v) is 3.72. The molecule has 0 atom stereocenters. The molecular weight excluding hydrogens is 240 g/mol. The molecule has 5 nitrogen and oxygen atoms in total. The second kappa shape index (κ2) is 6.19. The highest BCUT2D eigenvalue weighted by Gasteiger charge is 2.27. The summed E-state index contributed by atoms with van der Waals surface area (Å²) in [6.07, 6.45) is 4.92. The van der Waals surface area contributed by atoms with Crippen LogP contribution >= 0.6 is 0 Å². The molecule has 1 N–H and O–H groups in total. The normalized spacial score (nSPS) is 16.6. The number of carbonyl (C=O) groups is 1. The average molecular weight is 264 g/mol. The molecule has 106 valence electrons. The lowest BCUT2D eigenvalue weighted by molar-refractivity contribution is 0.0642. The largest absolute Gasteiger partial charge is 0.335 e. The highest BCUT2D eigenvalue weighted by Crippen LogP contribution is 2.17. The maximum Gasteiger partial charge on any atom is 0.257 e. The van der Waals surface area contributed by atoms with Crippen LogP contribution in [0.2, 0.25) is 0 Å². The van der Waals surface area contributed by atoms with Gasteiger partial charge in [0.2, 0.25) is 0 Å². The van der Waals surface area contributed by atoms with E-state index in [1.54, 1.807) is 4.68 Å². The number of amides is 1. The van der Waals surface area contributed by atoms with Crippen molar-refractivity contribution in [2.45, 2.75) is 39.2 Å². The van der Waals surface area contributed by atoms with Gasteiger partial charge < -0.3 is 10.2 Å². The zero-order valence-electron chi connectivity index (χ0n) is 12.1. The van der Waals surface area contributed by atoms with Crippen LogP contribution < -0.4 is 5.32 Å². The summed E-state index contributed by atoms with van der Waals surface area (Å²) < 4.78 is 1.72. The van der Waals surface area contributed by atoms with Crippen molar-refractivity contribution in [2.24, 2.45) is 7.05 Å². The van der Waals surface area contributed by atoms with E-state index in [0.29, 0.717) is 6.04 Å². The number of piperidine rings is 1. The Kier molecular flexibility index (Phi) is 4.58. The number of rotatable bonds is 4. The van der Waals surface area contributed by atoms with Crippen molar-refractivity contribution in [1.82, 2.24) is 20.0 Å². The minimum Gasteiger partial charge on any atom is -0.335 e. The third-order valence-electron chi connectivity index (χ3n) is 3.72. The first-order chi connectivity index (χ1) is 9.13. The van der Waals surface area contributed by atoms with Gasteiger partial charge in [-0.05, 0) is 39.3 Å². The summed E-state index contributed by atoms with van der Waals surface area (Å²) >= 11 is 0. The molecule has 0 bridgehead atoms. The molecule has 1 amide bonds. The van der Waals surface area contributed by atoms with Crippen molar-refractivity contribution in [2.75, 3.05) is 19.6 Å². The van der Waals surface area contributed by atoms with E-state index in [-0.39, 0.29) is 5.91 Å². The number of hydrogen-bond acceptors (Lipinski definition) is 3. The van der Waals surface area contributed by atoms with Crippen LogP contribution in [0, 0.1) is 6.92 Å². The van der Waals surface area contributed by atoms with Crippen LogP contribution in [0.15, 0.2) is 6.20 Å². The van der Waals surface area contributed by atoms with Crippen molar-refractivity contribution in [3.8, 4) is 0 Å². The molecule has 19 heavy (non-hydrogen) atoms. The van der Waals surface area contributed by atoms with E-state index in [1.807, 2.05) is 25.1 Å². The lowest BCUT2D eigenvalue weighted by Gasteiger charge is -2.34. The molecule has 0 saturated carbocycles. The molecule has 1 aliphatic rings. The van der Waals surface area contributed by atoms with E-state index < -0.39 is 0 Å². The van der Waals surface area contributed by atoms with E-state index in [9.17, 15) is 4.79 Å². The quantitative estimate of drug-likeness (QED) is 0.892. The van der Waals surface area contributed by atoms with Crippen molar-refractivity contribution in [3.05, 3.63) is 17.5 Å². The molecule has 0 aromatic carbocycles. The van der Waals surface area contributed by atoms with E-state index >= 15 is 0 Å². The summed E-state index contributed by atoms with van der Waals surface area (Å²) in [7, 11) is 1.86. The van der Waals surface area contributed by atoms with Crippen LogP contribution in [0.5, 0.6) is 0 Å². The monoisotopic (exact) mass is 264 g/mol. The van der Waals surface area contributed by atoms with Crippen LogP contribution in [0.3, 0.4) is 0 Å². The van der Waals surface area contributed by atoms with Gasteiger partial charge in [-0.3, -0.25) is 9.48 Å². The molecule has 2 rings (SSSR count). The number of hydrogen-bond donors (Lipinski definition) is 1. The Morgan fingerprint density at radius 1 is 1.53 bits per heavy atom. The fourth-order valence-electron chi connectivity index (χ4n) is 2.77. The van der Waals surface area contributed by atoms with Gasteiger partial charge in [0.15, 0.2) is 0 Å². The predicted octanol–water partition coefficient (Wildman–Crippen LogP) is 1.33. The van der Waals surface area contributed by atoms with E-state index in [4.69, 9.17) is 0 Å². The molecule has 2 heterocycles. The molecule has 0 spiro atoms. The van der Waals surface area contributed by atoms with Gasteiger partial charge in [0.1, 0.15) is 0 Å². The van der Waals surface area contributed by atoms with E-state index in [2.05, 4.69) is 17.3 Å². The molecule has 1 aromatic heterocycles. The molecular formula is C14H24N4O. The highest BCUT2D eigenvalue weighted by molar-refractivity contribution is 5.95. The molecule has 1 fully saturated rings. The first-order valence-electron chi connectivity index (χ1n) is 7.15. The maximum atomic E-state index is 12.7. The fraction of sp³-hybridized carbons (Fsp3) is 0.714. The van der Waals surface area contributed by atoms with Crippen molar-refractivity contribution in [1.29, 1.82) is 0 Å². The summed E-state index contributed by atoms with van der Waals surface area (Å²) in [5.41, 5.74) is 1.57. The van der Waals surface area contributed by atoms with Crippen LogP contribution in [0.25, 0.3) is 0 Å². The first-order valence-corrected chi connectivity index (χ1v) is 7.15. The summed E-state index contributed by atoms with van der Waals surface area (Å²) in [6.45, 7) is 6.86. The van der Waals surface area contributed by atoms with Gasteiger partial charge in [-0.1, -0.05) is 6.92 Å². The van der Waals surface area contributed by atoms with Gasteiger partial charge >= 0.3 is 0 Å².